The molecule has 0 saturated heterocycles. The summed E-state index contributed by atoms with van der Waals surface area (Å²) in [6.45, 7) is 14.8. The Balaban J connectivity index is 1.89. The first-order chi connectivity index (χ1) is 15.4. The van der Waals surface area contributed by atoms with Crippen molar-refractivity contribution in [3.05, 3.63) is 72.0 Å². The van der Waals surface area contributed by atoms with Gasteiger partial charge in [0.15, 0.2) is 0 Å². The summed E-state index contributed by atoms with van der Waals surface area (Å²) in [4.78, 5) is 6.96. The standard InChI is InChI=1S/C28H44N4/c1-7-20-31(6)23(4)27-28(30(5)8-2)29-26(19-18-24-12-10-9-11-13-24)32(27)21-25-16-14-22(3)15-17-25/h8,14-17,24,26,29H,2,4,7,9-13,18-21H2,1,3,5-6H3. The SMILES string of the molecule is C=CN(C)C1=C(C(=C)N(C)CCC)N(Cc2ccc(C)cc2)C(CCC2CCCCC2)N1. The van der Waals surface area contributed by atoms with E-state index in [1.54, 1.807) is 0 Å². The second kappa shape index (κ2) is 11.5. The van der Waals surface area contributed by atoms with Gasteiger partial charge < -0.3 is 20.0 Å². The van der Waals surface area contributed by atoms with Crippen LogP contribution in [0.2, 0.25) is 0 Å². The number of likely N-dealkylation sites (N-methyl/N-ethyl adjacent to an activating group) is 1. The summed E-state index contributed by atoms with van der Waals surface area (Å²) >= 11 is 0. The van der Waals surface area contributed by atoms with Gasteiger partial charge in [0.1, 0.15) is 17.7 Å². The van der Waals surface area contributed by atoms with Crippen LogP contribution in [0, 0.1) is 12.8 Å². The molecule has 0 bridgehead atoms. The highest BCUT2D eigenvalue weighted by Gasteiger charge is 2.35. The number of hydrogen-bond donors (Lipinski definition) is 1. The fourth-order valence-electron chi connectivity index (χ4n) is 5.09. The van der Waals surface area contributed by atoms with Crippen LogP contribution in [0.15, 0.2) is 60.8 Å². The van der Waals surface area contributed by atoms with Crippen LogP contribution in [0.3, 0.4) is 0 Å². The molecule has 1 aliphatic carbocycles. The number of nitrogens with zero attached hydrogens (tertiary/aromatic N) is 3. The van der Waals surface area contributed by atoms with Crippen LogP contribution in [-0.4, -0.2) is 41.5 Å². The van der Waals surface area contributed by atoms with Gasteiger partial charge in [-0.1, -0.05) is 82.0 Å². The average Bonchev–Trinajstić information content (AvgIpc) is 3.17. The topological polar surface area (TPSA) is 21.8 Å². The molecule has 0 aromatic heterocycles. The van der Waals surface area contributed by atoms with Gasteiger partial charge in [-0.2, -0.15) is 0 Å². The van der Waals surface area contributed by atoms with Gasteiger partial charge >= 0.3 is 0 Å². The lowest BCUT2D eigenvalue weighted by molar-refractivity contribution is 0.208. The van der Waals surface area contributed by atoms with Crippen molar-refractivity contribution in [1.29, 1.82) is 0 Å². The van der Waals surface area contributed by atoms with Crippen molar-refractivity contribution in [1.82, 2.24) is 20.0 Å². The largest absolute Gasteiger partial charge is 0.373 e. The maximum absolute atomic E-state index is 4.54. The third-order valence-corrected chi connectivity index (χ3v) is 7.16. The first kappa shape index (κ1) is 24.3. The van der Waals surface area contributed by atoms with Crippen LogP contribution >= 0.6 is 0 Å². The molecule has 32 heavy (non-hydrogen) atoms. The number of nitrogens with one attached hydrogen (secondary N) is 1. The van der Waals surface area contributed by atoms with Crippen molar-refractivity contribution in [3.63, 3.8) is 0 Å². The van der Waals surface area contributed by atoms with Gasteiger partial charge in [-0.05, 0) is 43.9 Å². The van der Waals surface area contributed by atoms with Gasteiger partial charge in [0, 0.05) is 27.2 Å². The minimum Gasteiger partial charge on any atom is -0.373 e. The maximum Gasteiger partial charge on any atom is 0.133 e. The molecule has 1 aromatic carbocycles. The van der Waals surface area contributed by atoms with Crippen LogP contribution in [-0.2, 0) is 6.54 Å². The molecule has 4 nitrogen and oxygen atoms in total. The van der Waals surface area contributed by atoms with E-state index in [2.05, 4.69) is 85.4 Å². The fourth-order valence-corrected chi connectivity index (χ4v) is 5.09. The molecule has 1 aliphatic heterocycles. The van der Waals surface area contributed by atoms with Gasteiger partial charge in [0.25, 0.3) is 0 Å². The van der Waals surface area contributed by atoms with Gasteiger partial charge in [0.2, 0.25) is 0 Å². The Hall–Kier alpha value is -2.36. The van der Waals surface area contributed by atoms with Gasteiger partial charge in [-0.3, -0.25) is 0 Å². The zero-order valence-electron chi connectivity index (χ0n) is 20.9. The highest BCUT2D eigenvalue weighted by Crippen LogP contribution is 2.35. The molecule has 1 N–H and O–H groups in total. The van der Waals surface area contributed by atoms with Crippen LogP contribution in [0.4, 0.5) is 0 Å². The van der Waals surface area contributed by atoms with Crippen molar-refractivity contribution in [2.75, 3.05) is 20.6 Å². The Bertz CT molecular complexity index is 788. The van der Waals surface area contributed by atoms with Gasteiger partial charge in [0.05, 0.1) is 5.70 Å². The molecular formula is C28H44N4. The highest BCUT2D eigenvalue weighted by molar-refractivity contribution is 5.36. The number of rotatable bonds is 11. The highest BCUT2D eigenvalue weighted by atomic mass is 15.4. The summed E-state index contributed by atoms with van der Waals surface area (Å²) in [5, 5.41) is 3.86. The summed E-state index contributed by atoms with van der Waals surface area (Å²) in [7, 11) is 4.24. The number of benzene rings is 1. The van der Waals surface area contributed by atoms with Crippen LogP contribution in [0.1, 0.15) is 69.4 Å². The second-order valence-electron chi connectivity index (χ2n) is 9.71. The zero-order valence-corrected chi connectivity index (χ0v) is 20.9. The fraction of sp³-hybridized carbons (Fsp3) is 0.571. The molecule has 1 heterocycles. The zero-order chi connectivity index (χ0) is 23.1. The van der Waals surface area contributed by atoms with E-state index in [1.165, 1.54) is 55.3 Å². The molecule has 1 fully saturated rings. The number of hydrogen-bond acceptors (Lipinski definition) is 4. The molecule has 0 amide bonds. The predicted molar refractivity (Wildman–Crippen MR) is 137 cm³/mol. The lowest BCUT2D eigenvalue weighted by atomic mass is 9.86. The van der Waals surface area contributed by atoms with E-state index in [0.717, 1.165) is 43.4 Å². The monoisotopic (exact) mass is 436 g/mol. The molecule has 176 valence electrons. The van der Waals surface area contributed by atoms with Crippen LogP contribution in [0.5, 0.6) is 0 Å². The summed E-state index contributed by atoms with van der Waals surface area (Å²) in [6.07, 6.45) is 12.7. The first-order valence-corrected chi connectivity index (χ1v) is 12.5. The third-order valence-electron chi connectivity index (χ3n) is 7.16. The van der Waals surface area contributed by atoms with Crippen molar-refractivity contribution in [3.8, 4) is 0 Å². The molecular weight excluding hydrogens is 392 g/mol. The van der Waals surface area contributed by atoms with E-state index in [9.17, 15) is 0 Å². The Morgan fingerprint density at radius 2 is 1.81 bits per heavy atom. The van der Waals surface area contributed by atoms with E-state index in [4.69, 9.17) is 0 Å². The van der Waals surface area contributed by atoms with E-state index < -0.39 is 0 Å². The summed E-state index contributed by atoms with van der Waals surface area (Å²) < 4.78 is 0. The van der Waals surface area contributed by atoms with Crippen molar-refractivity contribution in [2.45, 2.75) is 77.9 Å². The van der Waals surface area contributed by atoms with Crippen molar-refractivity contribution in [2.24, 2.45) is 5.92 Å². The molecule has 1 atom stereocenters. The van der Waals surface area contributed by atoms with E-state index >= 15 is 0 Å². The van der Waals surface area contributed by atoms with Crippen molar-refractivity contribution >= 4 is 0 Å². The van der Waals surface area contributed by atoms with Crippen LogP contribution in [0.25, 0.3) is 0 Å². The smallest absolute Gasteiger partial charge is 0.133 e. The molecule has 0 radical (unpaired) electrons. The summed E-state index contributed by atoms with van der Waals surface area (Å²) in [6, 6.07) is 8.96. The second-order valence-corrected chi connectivity index (χ2v) is 9.71. The lowest BCUT2D eigenvalue weighted by Gasteiger charge is -2.33. The van der Waals surface area contributed by atoms with E-state index in [0.29, 0.717) is 0 Å². The molecule has 1 unspecified atom stereocenters. The Kier molecular flexibility index (Phi) is 8.72. The van der Waals surface area contributed by atoms with E-state index in [1.807, 2.05) is 6.20 Å². The summed E-state index contributed by atoms with van der Waals surface area (Å²) in [5.41, 5.74) is 4.93. The van der Waals surface area contributed by atoms with Gasteiger partial charge in [-0.15, -0.1) is 0 Å². The Labute approximate surface area is 196 Å². The van der Waals surface area contributed by atoms with Crippen LogP contribution < -0.4 is 5.32 Å². The lowest BCUT2D eigenvalue weighted by Crippen LogP contribution is -2.39. The van der Waals surface area contributed by atoms with Gasteiger partial charge in [-0.25, -0.2) is 0 Å². The minimum absolute atomic E-state index is 0.275. The minimum atomic E-state index is 0.275. The Morgan fingerprint density at radius 3 is 2.44 bits per heavy atom. The number of aryl methyl sites for hydroxylation is 1. The molecule has 1 aromatic rings. The molecule has 3 rings (SSSR count). The molecule has 0 spiro atoms. The van der Waals surface area contributed by atoms with E-state index in [-0.39, 0.29) is 6.17 Å². The Morgan fingerprint density at radius 1 is 1.12 bits per heavy atom. The maximum atomic E-state index is 4.54. The third kappa shape index (κ3) is 5.90. The molecule has 1 saturated carbocycles. The normalized spacial score (nSPS) is 19.1. The quantitative estimate of drug-likeness (QED) is 0.447. The van der Waals surface area contributed by atoms with Crippen molar-refractivity contribution < 1.29 is 0 Å². The average molecular weight is 437 g/mol. The first-order valence-electron chi connectivity index (χ1n) is 12.5. The molecule has 2 aliphatic rings. The summed E-state index contributed by atoms with van der Waals surface area (Å²) in [5.74, 6) is 2.00. The predicted octanol–water partition coefficient (Wildman–Crippen LogP) is 6.19. The molecule has 4 heteroatoms.